The largest absolute Gasteiger partial charge is 0.313 e. The minimum Gasteiger partial charge on any atom is -0.313 e. The third kappa shape index (κ3) is 3.95. The lowest BCUT2D eigenvalue weighted by Crippen LogP contribution is -2.55. The van der Waals surface area contributed by atoms with Gasteiger partial charge in [0.15, 0.2) is 0 Å². The molecule has 2 aliphatic carbocycles. The van der Waals surface area contributed by atoms with Crippen LogP contribution in [0.2, 0.25) is 0 Å². The van der Waals surface area contributed by atoms with E-state index in [1.54, 1.807) is 0 Å². The monoisotopic (exact) mass is 266 g/mol. The number of likely N-dealkylation sites (N-methyl/N-ethyl adjacent to an activating group) is 2. The van der Waals surface area contributed by atoms with Gasteiger partial charge in [-0.2, -0.15) is 0 Å². The highest BCUT2D eigenvalue weighted by molar-refractivity contribution is 4.92. The van der Waals surface area contributed by atoms with Crippen molar-refractivity contribution in [1.29, 1.82) is 0 Å². The molecule has 0 aromatic heterocycles. The van der Waals surface area contributed by atoms with Crippen LogP contribution in [0.25, 0.3) is 0 Å². The van der Waals surface area contributed by atoms with E-state index in [0.29, 0.717) is 0 Å². The quantitative estimate of drug-likeness (QED) is 0.814. The normalized spacial score (nSPS) is 33.8. The zero-order valence-electron chi connectivity index (χ0n) is 13.3. The Bertz CT molecular complexity index is 248. The Labute approximate surface area is 120 Å². The first-order valence-corrected chi connectivity index (χ1v) is 8.71. The fraction of sp³-hybridized carbons (Fsp3) is 1.00. The molecule has 3 atom stereocenters. The van der Waals surface area contributed by atoms with Crippen LogP contribution in [0.1, 0.15) is 71.6 Å². The molecule has 2 fully saturated rings. The highest BCUT2D eigenvalue weighted by Crippen LogP contribution is 2.33. The molecule has 0 aromatic carbocycles. The number of hydrogen-bond donors (Lipinski definition) is 1. The molecule has 112 valence electrons. The topological polar surface area (TPSA) is 15.3 Å². The maximum atomic E-state index is 3.76. The molecule has 2 aliphatic rings. The van der Waals surface area contributed by atoms with Gasteiger partial charge in [-0.15, -0.1) is 0 Å². The van der Waals surface area contributed by atoms with Crippen LogP contribution in [0.4, 0.5) is 0 Å². The van der Waals surface area contributed by atoms with E-state index >= 15 is 0 Å². The van der Waals surface area contributed by atoms with Crippen molar-refractivity contribution in [1.82, 2.24) is 10.2 Å². The first-order chi connectivity index (χ1) is 9.26. The minimum atomic E-state index is 0.736. The first-order valence-electron chi connectivity index (χ1n) is 8.71. The van der Waals surface area contributed by atoms with Crippen molar-refractivity contribution >= 4 is 0 Å². The lowest BCUT2D eigenvalue weighted by Gasteiger charge is -2.45. The van der Waals surface area contributed by atoms with Crippen molar-refractivity contribution in [2.24, 2.45) is 5.92 Å². The fourth-order valence-corrected chi connectivity index (χ4v) is 4.31. The molecular formula is C17H34N2. The zero-order chi connectivity index (χ0) is 13.7. The number of rotatable bonds is 5. The number of nitrogens with zero attached hydrogens (tertiary/aromatic N) is 1. The molecule has 2 rings (SSSR count). The SMILES string of the molecule is CCNC1CCC(CC)CC1N(C)C1CCCCC1. The summed E-state index contributed by atoms with van der Waals surface area (Å²) >= 11 is 0. The van der Waals surface area contributed by atoms with Crippen LogP contribution in [0, 0.1) is 5.92 Å². The zero-order valence-corrected chi connectivity index (χ0v) is 13.3. The van der Waals surface area contributed by atoms with Gasteiger partial charge in [-0.3, -0.25) is 4.90 Å². The second kappa shape index (κ2) is 7.64. The van der Waals surface area contributed by atoms with Crippen molar-refractivity contribution < 1.29 is 0 Å². The van der Waals surface area contributed by atoms with Crippen LogP contribution < -0.4 is 5.32 Å². The maximum absolute atomic E-state index is 3.76. The van der Waals surface area contributed by atoms with E-state index in [9.17, 15) is 0 Å². The first kappa shape index (κ1) is 15.3. The van der Waals surface area contributed by atoms with Crippen molar-refractivity contribution in [3.63, 3.8) is 0 Å². The summed E-state index contributed by atoms with van der Waals surface area (Å²) in [6.45, 7) is 5.75. The molecule has 2 nitrogen and oxygen atoms in total. The van der Waals surface area contributed by atoms with Crippen molar-refractivity contribution in [3.8, 4) is 0 Å². The molecule has 0 radical (unpaired) electrons. The number of nitrogens with one attached hydrogen (secondary N) is 1. The van der Waals surface area contributed by atoms with Gasteiger partial charge < -0.3 is 5.32 Å². The van der Waals surface area contributed by atoms with Crippen LogP contribution in [0.15, 0.2) is 0 Å². The third-order valence-corrected chi connectivity index (χ3v) is 5.64. The highest BCUT2D eigenvalue weighted by atomic mass is 15.2. The highest BCUT2D eigenvalue weighted by Gasteiger charge is 2.34. The predicted octanol–water partition coefficient (Wildman–Crippen LogP) is 3.81. The van der Waals surface area contributed by atoms with Crippen molar-refractivity contribution in [2.45, 2.75) is 89.8 Å². The second-order valence-corrected chi connectivity index (χ2v) is 6.78. The van der Waals surface area contributed by atoms with Gasteiger partial charge in [0.2, 0.25) is 0 Å². The molecule has 3 unspecified atom stereocenters. The Morgan fingerprint density at radius 3 is 2.37 bits per heavy atom. The lowest BCUT2D eigenvalue weighted by atomic mass is 9.79. The molecule has 0 saturated heterocycles. The molecule has 0 amide bonds. The van der Waals surface area contributed by atoms with E-state index < -0.39 is 0 Å². The van der Waals surface area contributed by atoms with Gasteiger partial charge in [-0.05, 0) is 51.6 Å². The van der Waals surface area contributed by atoms with Gasteiger partial charge in [0, 0.05) is 18.1 Å². The van der Waals surface area contributed by atoms with Crippen LogP contribution in [0.3, 0.4) is 0 Å². The summed E-state index contributed by atoms with van der Waals surface area (Å²) in [6.07, 6.45) is 12.8. The standard InChI is InChI=1S/C17H34N2/c1-4-14-11-12-16(18-5-2)17(13-14)19(3)15-9-7-6-8-10-15/h14-18H,4-13H2,1-3H3. The van der Waals surface area contributed by atoms with E-state index in [4.69, 9.17) is 0 Å². The molecule has 0 aromatic rings. The Morgan fingerprint density at radius 1 is 1.00 bits per heavy atom. The van der Waals surface area contributed by atoms with Gasteiger partial charge in [0.05, 0.1) is 0 Å². The summed E-state index contributed by atoms with van der Waals surface area (Å²) in [5, 5.41) is 3.76. The van der Waals surface area contributed by atoms with Gasteiger partial charge in [0.1, 0.15) is 0 Å². The van der Waals surface area contributed by atoms with Crippen LogP contribution >= 0.6 is 0 Å². The Hall–Kier alpha value is -0.0800. The van der Waals surface area contributed by atoms with Crippen LogP contribution in [0.5, 0.6) is 0 Å². The van der Waals surface area contributed by atoms with Gasteiger partial charge in [0.25, 0.3) is 0 Å². The van der Waals surface area contributed by atoms with E-state index in [0.717, 1.165) is 30.6 Å². The number of hydrogen-bond acceptors (Lipinski definition) is 2. The smallest absolute Gasteiger partial charge is 0.0251 e. The Balaban J connectivity index is 1.98. The molecule has 2 saturated carbocycles. The Kier molecular flexibility index (Phi) is 6.15. The summed E-state index contributed by atoms with van der Waals surface area (Å²) in [6, 6.07) is 2.37. The van der Waals surface area contributed by atoms with E-state index in [-0.39, 0.29) is 0 Å². The summed E-state index contributed by atoms with van der Waals surface area (Å²) in [7, 11) is 2.41. The molecule has 0 spiro atoms. The molecule has 0 bridgehead atoms. The minimum absolute atomic E-state index is 0.736. The van der Waals surface area contributed by atoms with E-state index in [2.05, 4.69) is 31.1 Å². The summed E-state index contributed by atoms with van der Waals surface area (Å²) in [4.78, 5) is 2.76. The Morgan fingerprint density at radius 2 is 1.74 bits per heavy atom. The summed E-state index contributed by atoms with van der Waals surface area (Å²) in [5.74, 6) is 0.964. The van der Waals surface area contributed by atoms with Crippen LogP contribution in [-0.4, -0.2) is 36.6 Å². The third-order valence-electron chi connectivity index (χ3n) is 5.64. The van der Waals surface area contributed by atoms with Crippen molar-refractivity contribution in [3.05, 3.63) is 0 Å². The van der Waals surface area contributed by atoms with Gasteiger partial charge >= 0.3 is 0 Å². The average molecular weight is 266 g/mol. The lowest BCUT2D eigenvalue weighted by molar-refractivity contribution is 0.0670. The average Bonchev–Trinajstić information content (AvgIpc) is 2.48. The molecule has 0 aliphatic heterocycles. The molecule has 0 heterocycles. The van der Waals surface area contributed by atoms with Gasteiger partial charge in [-0.25, -0.2) is 0 Å². The molecule has 19 heavy (non-hydrogen) atoms. The van der Waals surface area contributed by atoms with E-state index in [1.165, 1.54) is 57.8 Å². The summed E-state index contributed by atoms with van der Waals surface area (Å²) in [5.41, 5.74) is 0. The molecule has 2 heteroatoms. The fourth-order valence-electron chi connectivity index (χ4n) is 4.31. The maximum Gasteiger partial charge on any atom is 0.0251 e. The van der Waals surface area contributed by atoms with Gasteiger partial charge in [-0.1, -0.05) is 39.5 Å². The van der Waals surface area contributed by atoms with E-state index in [1.807, 2.05) is 0 Å². The molecule has 1 N–H and O–H groups in total. The molecular weight excluding hydrogens is 232 g/mol. The second-order valence-electron chi connectivity index (χ2n) is 6.78. The van der Waals surface area contributed by atoms with Crippen molar-refractivity contribution in [2.75, 3.05) is 13.6 Å². The predicted molar refractivity (Wildman–Crippen MR) is 83.5 cm³/mol. The van der Waals surface area contributed by atoms with Crippen LogP contribution in [-0.2, 0) is 0 Å². The summed E-state index contributed by atoms with van der Waals surface area (Å²) < 4.78 is 0.